The lowest BCUT2D eigenvalue weighted by atomic mass is 9.94. The number of anilines is 1. The SMILES string of the molecule is Cc1c(Cl)cccc1NC(=O)c1[nH]c2c(c1C)C(=O)CCC2. The van der Waals surface area contributed by atoms with Crippen LogP contribution in [0.15, 0.2) is 18.2 Å². The molecule has 22 heavy (non-hydrogen) atoms. The summed E-state index contributed by atoms with van der Waals surface area (Å²) in [5.74, 6) is -0.127. The van der Waals surface area contributed by atoms with Gasteiger partial charge in [0.05, 0.1) is 0 Å². The molecule has 1 amide bonds. The molecule has 0 aliphatic heterocycles. The van der Waals surface area contributed by atoms with E-state index in [0.717, 1.165) is 29.7 Å². The zero-order valence-electron chi connectivity index (χ0n) is 12.5. The Morgan fingerprint density at radius 3 is 2.73 bits per heavy atom. The largest absolute Gasteiger partial charge is 0.354 e. The topological polar surface area (TPSA) is 62.0 Å². The van der Waals surface area contributed by atoms with Crippen molar-refractivity contribution in [1.29, 1.82) is 0 Å². The molecule has 1 aliphatic rings. The molecule has 0 radical (unpaired) electrons. The summed E-state index contributed by atoms with van der Waals surface area (Å²) in [7, 11) is 0. The molecule has 1 aliphatic carbocycles. The van der Waals surface area contributed by atoms with Gasteiger partial charge in [-0.1, -0.05) is 17.7 Å². The van der Waals surface area contributed by atoms with E-state index in [2.05, 4.69) is 10.3 Å². The minimum absolute atomic E-state index is 0.119. The predicted octanol–water partition coefficient (Wildman–Crippen LogP) is 4.06. The summed E-state index contributed by atoms with van der Waals surface area (Å²) >= 11 is 6.07. The lowest BCUT2D eigenvalue weighted by Crippen LogP contribution is -2.14. The number of amides is 1. The van der Waals surface area contributed by atoms with Crippen molar-refractivity contribution in [2.24, 2.45) is 0 Å². The van der Waals surface area contributed by atoms with Gasteiger partial charge in [-0.2, -0.15) is 0 Å². The van der Waals surface area contributed by atoms with Crippen LogP contribution in [-0.2, 0) is 6.42 Å². The first-order chi connectivity index (χ1) is 10.5. The fourth-order valence-electron chi connectivity index (χ4n) is 2.93. The van der Waals surface area contributed by atoms with Gasteiger partial charge in [-0.15, -0.1) is 0 Å². The van der Waals surface area contributed by atoms with Crippen molar-refractivity contribution >= 4 is 29.0 Å². The van der Waals surface area contributed by atoms with Crippen LogP contribution in [0, 0.1) is 13.8 Å². The predicted molar refractivity (Wildman–Crippen MR) is 86.9 cm³/mol. The number of aromatic amines is 1. The first kappa shape index (κ1) is 14.9. The van der Waals surface area contributed by atoms with Crippen LogP contribution in [-0.4, -0.2) is 16.7 Å². The fraction of sp³-hybridized carbons (Fsp3) is 0.294. The van der Waals surface area contributed by atoms with E-state index in [0.29, 0.717) is 28.4 Å². The minimum Gasteiger partial charge on any atom is -0.354 e. The number of rotatable bonds is 2. The van der Waals surface area contributed by atoms with Crippen LogP contribution in [0.5, 0.6) is 0 Å². The maximum atomic E-state index is 12.5. The molecular weight excluding hydrogens is 300 g/mol. The number of fused-ring (bicyclic) bond motifs is 1. The summed E-state index contributed by atoms with van der Waals surface area (Å²) < 4.78 is 0. The number of carbonyl (C=O) groups is 2. The molecule has 114 valence electrons. The van der Waals surface area contributed by atoms with Crippen LogP contribution < -0.4 is 5.32 Å². The summed E-state index contributed by atoms with van der Waals surface area (Å²) in [6.45, 7) is 3.67. The molecule has 0 saturated heterocycles. The fourth-order valence-corrected chi connectivity index (χ4v) is 3.10. The third kappa shape index (κ3) is 2.44. The number of aryl methyl sites for hydroxylation is 1. The van der Waals surface area contributed by atoms with Crippen molar-refractivity contribution in [3.8, 4) is 0 Å². The third-order valence-corrected chi connectivity index (χ3v) is 4.59. The highest BCUT2D eigenvalue weighted by atomic mass is 35.5. The van der Waals surface area contributed by atoms with Gasteiger partial charge in [0.15, 0.2) is 5.78 Å². The van der Waals surface area contributed by atoms with Crippen LogP contribution >= 0.6 is 11.6 Å². The van der Waals surface area contributed by atoms with Crippen molar-refractivity contribution < 1.29 is 9.59 Å². The Morgan fingerprint density at radius 2 is 2.00 bits per heavy atom. The number of ketones is 1. The maximum Gasteiger partial charge on any atom is 0.272 e. The molecule has 0 unspecified atom stereocenters. The molecule has 0 bridgehead atoms. The van der Waals surface area contributed by atoms with Gasteiger partial charge in [0.2, 0.25) is 0 Å². The van der Waals surface area contributed by atoms with Crippen LogP contribution in [0.2, 0.25) is 5.02 Å². The number of carbonyl (C=O) groups excluding carboxylic acids is 2. The van der Waals surface area contributed by atoms with Crippen LogP contribution in [0.4, 0.5) is 5.69 Å². The Labute approximate surface area is 133 Å². The molecule has 1 aromatic heterocycles. The Balaban J connectivity index is 1.93. The molecule has 0 atom stereocenters. The average molecular weight is 317 g/mol. The summed E-state index contributed by atoms with van der Waals surface area (Å²) in [4.78, 5) is 27.7. The van der Waals surface area contributed by atoms with E-state index < -0.39 is 0 Å². The molecule has 0 saturated carbocycles. The second-order valence-electron chi connectivity index (χ2n) is 5.62. The zero-order valence-corrected chi connectivity index (χ0v) is 13.3. The summed E-state index contributed by atoms with van der Waals surface area (Å²) in [6.07, 6.45) is 2.20. The maximum absolute atomic E-state index is 12.5. The van der Waals surface area contributed by atoms with E-state index in [1.165, 1.54) is 0 Å². The van der Waals surface area contributed by atoms with Crippen molar-refractivity contribution in [1.82, 2.24) is 4.98 Å². The number of Topliss-reactive ketones (excluding diaryl/α,β-unsaturated/α-hetero) is 1. The van der Waals surface area contributed by atoms with Gasteiger partial charge in [-0.05, 0) is 49.9 Å². The number of H-pyrrole nitrogens is 1. The van der Waals surface area contributed by atoms with Crippen molar-refractivity contribution in [3.05, 3.63) is 51.3 Å². The number of hydrogen-bond acceptors (Lipinski definition) is 2. The molecular formula is C17H17ClN2O2. The molecule has 0 spiro atoms. The van der Waals surface area contributed by atoms with E-state index in [9.17, 15) is 9.59 Å². The van der Waals surface area contributed by atoms with Crippen LogP contribution in [0.3, 0.4) is 0 Å². The molecule has 4 nitrogen and oxygen atoms in total. The normalized spacial score (nSPS) is 13.9. The number of aromatic nitrogens is 1. The van der Waals surface area contributed by atoms with Crippen LogP contribution in [0.1, 0.15) is 50.5 Å². The van der Waals surface area contributed by atoms with Gasteiger partial charge in [0.25, 0.3) is 5.91 Å². The number of hydrogen-bond donors (Lipinski definition) is 2. The smallest absolute Gasteiger partial charge is 0.272 e. The van der Waals surface area contributed by atoms with Crippen molar-refractivity contribution in [2.75, 3.05) is 5.32 Å². The molecule has 2 aromatic rings. The van der Waals surface area contributed by atoms with Gasteiger partial charge in [-0.3, -0.25) is 9.59 Å². The van der Waals surface area contributed by atoms with E-state index in [4.69, 9.17) is 11.6 Å². The van der Waals surface area contributed by atoms with Gasteiger partial charge < -0.3 is 10.3 Å². The van der Waals surface area contributed by atoms with E-state index in [1.807, 2.05) is 19.9 Å². The second kappa shape index (κ2) is 5.61. The van der Waals surface area contributed by atoms with E-state index in [-0.39, 0.29) is 11.7 Å². The Morgan fingerprint density at radius 1 is 1.23 bits per heavy atom. The Kier molecular flexibility index (Phi) is 3.79. The number of halogens is 1. The Hall–Kier alpha value is -2.07. The standard InChI is InChI=1S/C17H17ClN2O2/c1-9-11(18)5-3-6-12(9)20-17(22)16-10(2)15-13(19-16)7-4-8-14(15)21/h3,5-6,19H,4,7-8H2,1-2H3,(H,20,22). The van der Waals surface area contributed by atoms with E-state index in [1.54, 1.807) is 12.1 Å². The van der Waals surface area contributed by atoms with Gasteiger partial charge in [-0.25, -0.2) is 0 Å². The van der Waals surface area contributed by atoms with E-state index >= 15 is 0 Å². The lowest BCUT2D eigenvalue weighted by Gasteiger charge is -2.10. The number of benzene rings is 1. The van der Waals surface area contributed by atoms with Crippen molar-refractivity contribution in [3.63, 3.8) is 0 Å². The number of nitrogens with one attached hydrogen (secondary N) is 2. The van der Waals surface area contributed by atoms with Crippen molar-refractivity contribution in [2.45, 2.75) is 33.1 Å². The summed E-state index contributed by atoms with van der Waals surface area (Å²) in [6, 6.07) is 5.38. The summed E-state index contributed by atoms with van der Waals surface area (Å²) in [5, 5.41) is 3.47. The lowest BCUT2D eigenvalue weighted by molar-refractivity contribution is 0.0971. The molecule has 1 heterocycles. The highest BCUT2D eigenvalue weighted by molar-refractivity contribution is 6.31. The summed E-state index contributed by atoms with van der Waals surface area (Å²) in [5.41, 5.74) is 4.26. The quantitative estimate of drug-likeness (QED) is 0.877. The molecule has 1 aromatic carbocycles. The second-order valence-corrected chi connectivity index (χ2v) is 6.03. The first-order valence-corrected chi connectivity index (χ1v) is 7.68. The molecule has 0 fully saturated rings. The molecule has 3 rings (SSSR count). The molecule has 5 heteroatoms. The Bertz CT molecular complexity index is 777. The van der Waals surface area contributed by atoms with Gasteiger partial charge >= 0.3 is 0 Å². The average Bonchev–Trinajstić information content (AvgIpc) is 2.82. The van der Waals surface area contributed by atoms with Crippen LogP contribution in [0.25, 0.3) is 0 Å². The van der Waals surface area contributed by atoms with Gasteiger partial charge in [0.1, 0.15) is 5.69 Å². The minimum atomic E-state index is -0.245. The van der Waals surface area contributed by atoms with Gasteiger partial charge in [0, 0.05) is 28.4 Å². The first-order valence-electron chi connectivity index (χ1n) is 7.30. The monoisotopic (exact) mass is 316 g/mol. The highest BCUT2D eigenvalue weighted by Crippen LogP contribution is 2.28. The molecule has 2 N–H and O–H groups in total. The zero-order chi connectivity index (χ0) is 15.9. The highest BCUT2D eigenvalue weighted by Gasteiger charge is 2.26. The third-order valence-electron chi connectivity index (χ3n) is 4.18.